The van der Waals surface area contributed by atoms with E-state index in [9.17, 15) is 4.79 Å². The van der Waals surface area contributed by atoms with E-state index in [2.05, 4.69) is 10.2 Å². The van der Waals surface area contributed by atoms with Crippen LogP contribution in [0.15, 0.2) is 52.9 Å². The van der Waals surface area contributed by atoms with Crippen LogP contribution < -0.4 is 9.47 Å². The van der Waals surface area contributed by atoms with Gasteiger partial charge in [-0.2, -0.15) is 0 Å². The highest BCUT2D eigenvalue weighted by Crippen LogP contribution is 2.30. The Balaban J connectivity index is 1.30. The Morgan fingerprint density at radius 1 is 1.09 bits per heavy atom. The van der Waals surface area contributed by atoms with E-state index in [0.717, 1.165) is 18.4 Å². The fraction of sp³-hybridized carbons (Fsp3) is 0.375. The Bertz CT molecular complexity index is 1030. The lowest BCUT2D eigenvalue weighted by Gasteiger charge is -2.20. The van der Waals surface area contributed by atoms with E-state index in [1.807, 2.05) is 48.2 Å². The van der Waals surface area contributed by atoms with Gasteiger partial charge < -0.3 is 18.8 Å². The maximum atomic E-state index is 12.9. The SMILES string of the molecule is CCOc1ccccc1OCCCC(=O)N(Cc1nnc(-c2ccc(Cl)cc2)o1)C1CC1. The highest BCUT2D eigenvalue weighted by Gasteiger charge is 2.33. The van der Waals surface area contributed by atoms with Crippen LogP contribution in [-0.2, 0) is 11.3 Å². The van der Waals surface area contributed by atoms with Gasteiger partial charge in [-0.3, -0.25) is 4.79 Å². The number of ether oxygens (including phenoxy) is 2. The van der Waals surface area contributed by atoms with Crippen molar-refractivity contribution in [1.82, 2.24) is 15.1 Å². The van der Waals surface area contributed by atoms with Gasteiger partial charge in [-0.05, 0) is 62.6 Å². The zero-order valence-corrected chi connectivity index (χ0v) is 18.8. The molecule has 1 aliphatic carbocycles. The number of amides is 1. The molecule has 0 atom stereocenters. The average Bonchev–Trinajstić information content (AvgIpc) is 3.54. The Hall–Kier alpha value is -3.06. The molecule has 4 rings (SSSR count). The van der Waals surface area contributed by atoms with Crippen molar-refractivity contribution >= 4 is 17.5 Å². The number of nitrogens with zero attached hydrogens (tertiary/aromatic N) is 3. The lowest BCUT2D eigenvalue weighted by molar-refractivity contribution is -0.133. The van der Waals surface area contributed by atoms with E-state index in [-0.39, 0.29) is 11.9 Å². The van der Waals surface area contributed by atoms with Gasteiger partial charge in [-0.15, -0.1) is 10.2 Å². The minimum atomic E-state index is 0.0698. The minimum absolute atomic E-state index is 0.0698. The summed E-state index contributed by atoms with van der Waals surface area (Å²) < 4.78 is 17.2. The second-order valence-electron chi connectivity index (χ2n) is 7.59. The number of hydrogen-bond donors (Lipinski definition) is 0. The van der Waals surface area contributed by atoms with Crippen LogP contribution in [0.2, 0.25) is 5.02 Å². The van der Waals surface area contributed by atoms with E-state index < -0.39 is 0 Å². The van der Waals surface area contributed by atoms with Crippen LogP contribution in [0.5, 0.6) is 11.5 Å². The van der Waals surface area contributed by atoms with E-state index in [0.29, 0.717) is 60.9 Å². The summed E-state index contributed by atoms with van der Waals surface area (Å²) in [5.74, 6) is 2.33. The molecule has 0 spiro atoms. The molecule has 1 aromatic heterocycles. The molecule has 3 aromatic rings. The van der Waals surface area contributed by atoms with E-state index >= 15 is 0 Å². The van der Waals surface area contributed by atoms with Crippen LogP contribution in [0.4, 0.5) is 0 Å². The smallest absolute Gasteiger partial charge is 0.247 e. The van der Waals surface area contributed by atoms with Crippen molar-refractivity contribution in [3.8, 4) is 23.0 Å². The fourth-order valence-electron chi connectivity index (χ4n) is 3.37. The summed E-state index contributed by atoms with van der Waals surface area (Å²) in [7, 11) is 0. The number of carbonyl (C=O) groups excluding carboxylic acids is 1. The molecule has 1 heterocycles. The van der Waals surface area contributed by atoms with Crippen LogP contribution >= 0.6 is 11.6 Å². The van der Waals surface area contributed by atoms with Gasteiger partial charge in [0.15, 0.2) is 11.5 Å². The number of benzene rings is 2. The first-order valence-corrected chi connectivity index (χ1v) is 11.2. The number of para-hydroxylation sites is 2. The summed E-state index contributed by atoms with van der Waals surface area (Å²) in [5.41, 5.74) is 0.793. The standard InChI is InChI=1S/C24H26ClN3O4/c1-2-30-20-6-3-4-7-21(20)31-15-5-8-23(29)28(19-13-14-19)16-22-26-27-24(32-22)17-9-11-18(25)12-10-17/h3-4,6-7,9-12,19H,2,5,8,13-16H2,1H3. The Labute approximate surface area is 192 Å². The fourth-order valence-corrected chi connectivity index (χ4v) is 3.50. The van der Waals surface area contributed by atoms with Crippen molar-refractivity contribution in [2.45, 2.75) is 45.2 Å². The van der Waals surface area contributed by atoms with Gasteiger partial charge in [0, 0.05) is 23.0 Å². The van der Waals surface area contributed by atoms with Gasteiger partial charge in [0.2, 0.25) is 17.7 Å². The Kier molecular flexibility index (Phi) is 7.27. The summed E-state index contributed by atoms with van der Waals surface area (Å²) >= 11 is 5.93. The molecule has 1 fully saturated rings. The molecule has 32 heavy (non-hydrogen) atoms. The van der Waals surface area contributed by atoms with Crippen molar-refractivity contribution in [2.75, 3.05) is 13.2 Å². The first kappa shape index (κ1) is 22.1. The monoisotopic (exact) mass is 455 g/mol. The van der Waals surface area contributed by atoms with Gasteiger partial charge in [0.25, 0.3) is 0 Å². The van der Waals surface area contributed by atoms with Crippen LogP contribution in [0.25, 0.3) is 11.5 Å². The van der Waals surface area contributed by atoms with E-state index in [4.69, 9.17) is 25.5 Å². The molecule has 8 heteroatoms. The highest BCUT2D eigenvalue weighted by atomic mass is 35.5. The second kappa shape index (κ2) is 10.5. The molecule has 2 aromatic carbocycles. The van der Waals surface area contributed by atoms with Gasteiger partial charge in [0.05, 0.1) is 19.8 Å². The maximum absolute atomic E-state index is 12.9. The molecule has 1 amide bonds. The normalized spacial score (nSPS) is 13.1. The first-order valence-electron chi connectivity index (χ1n) is 10.9. The first-order chi connectivity index (χ1) is 15.6. The molecule has 0 saturated heterocycles. The lowest BCUT2D eigenvalue weighted by atomic mass is 10.2. The van der Waals surface area contributed by atoms with Crippen molar-refractivity contribution in [3.05, 3.63) is 59.4 Å². The number of hydrogen-bond acceptors (Lipinski definition) is 6. The van der Waals surface area contributed by atoms with Crippen LogP contribution in [-0.4, -0.2) is 40.3 Å². The van der Waals surface area contributed by atoms with Crippen molar-refractivity contribution in [3.63, 3.8) is 0 Å². The van der Waals surface area contributed by atoms with Crippen molar-refractivity contribution in [1.29, 1.82) is 0 Å². The molecular weight excluding hydrogens is 430 g/mol. The topological polar surface area (TPSA) is 77.7 Å². The maximum Gasteiger partial charge on any atom is 0.247 e. The molecule has 0 radical (unpaired) electrons. The quantitative estimate of drug-likeness (QED) is 0.372. The summed E-state index contributed by atoms with van der Waals surface area (Å²) in [6.45, 7) is 3.27. The zero-order chi connectivity index (χ0) is 22.3. The largest absolute Gasteiger partial charge is 0.490 e. The summed E-state index contributed by atoms with van der Waals surface area (Å²) in [6, 6.07) is 15.0. The van der Waals surface area contributed by atoms with Gasteiger partial charge in [-0.1, -0.05) is 23.7 Å². The van der Waals surface area contributed by atoms with E-state index in [1.165, 1.54) is 0 Å². The molecule has 1 saturated carbocycles. The van der Waals surface area contributed by atoms with Gasteiger partial charge in [-0.25, -0.2) is 0 Å². The van der Waals surface area contributed by atoms with Crippen LogP contribution in [0.3, 0.4) is 0 Å². The molecule has 1 aliphatic rings. The third-order valence-electron chi connectivity index (χ3n) is 5.11. The van der Waals surface area contributed by atoms with Crippen LogP contribution in [0.1, 0.15) is 38.5 Å². The molecule has 0 aliphatic heterocycles. The summed E-state index contributed by atoms with van der Waals surface area (Å²) in [4.78, 5) is 14.7. The molecular formula is C24H26ClN3O4. The number of halogens is 1. The molecule has 0 N–H and O–H groups in total. The summed E-state index contributed by atoms with van der Waals surface area (Å²) in [5, 5.41) is 8.88. The third kappa shape index (κ3) is 5.79. The zero-order valence-electron chi connectivity index (χ0n) is 18.0. The number of carbonyl (C=O) groups is 1. The van der Waals surface area contributed by atoms with Crippen molar-refractivity contribution in [2.24, 2.45) is 0 Å². The molecule has 0 bridgehead atoms. The predicted molar refractivity (Wildman–Crippen MR) is 121 cm³/mol. The Morgan fingerprint density at radius 3 is 2.50 bits per heavy atom. The number of rotatable bonds is 11. The predicted octanol–water partition coefficient (Wildman–Crippen LogP) is 5.14. The van der Waals surface area contributed by atoms with Crippen molar-refractivity contribution < 1.29 is 18.7 Å². The number of aromatic nitrogens is 2. The minimum Gasteiger partial charge on any atom is -0.490 e. The highest BCUT2D eigenvalue weighted by molar-refractivity contribution is 6.30. The van der Waals surface area contributed by atoms with Gasteiger partial charge >= 0.3 is 0 Å². The third-order valence-corrected chi connectivity index (χ3v) is 5.37. The second-order valence-corrected chi connectivity index (χ2v) is 8.03. The molecule has 168 valence electrons. The summed E-state index contributed by atoms with van der Waals surface area (Å²) in [6.07, 6.45) is 3.01. The lowest BCUT2D eigenvalue weighted by Crippen LogP contribution is -2.32. The van der Waals surface area contributed by atoms with Crippen LogP contribution in [0, 0.1) is 0 Å². The van der Waals surface area contributed by atoms with Gasteiger partial charge in [0.1, 0.15) is 0 Å². The van der Waals surface area contributed by atoms with E-state index in [1.54, 1.807) is 12.1 Å². The average molecular weight is 456 g/mol. The molecule has 0 unspecified atom stereocenters. The molecule has 7 nitrogen and oxygen atoms in total. The Morgan fingerprint density at radius 2 is 1.81 bits per heavy atom.